The summed E-state index contributed by atoms with van der Waals surface area (Å²) < 4.78 is 13.5. The van der Waals surface area contributed by atoms with Crippen molar-refractivity contribution in [2.45, 2.75) is 9.79 Å². The van der Waals surface area contributed by atoms with E-state index < -0.39 is 0 Å². The molecule has 0 radical (unpaired) electrons. The van der Waals surface area contributed by atoms with Gasteiger partial charge in [0.2, 0.25) is 0 Å². The standard InChI is InChI=1S/C13H11ClFNS/c1-16-11-7-6-9(14)8-13(11)17-12-5-3-2-4-10(12)15/h2-8,16H,1H3. The van der Waals surface area contributed by atoms with Gasteiger partial charge in [0.15, 0.2) is 0 Å². The molecular weight excluding hydrogens is 257 g/mol. The van der Waals surface area contributed by atoms with Crippen molar-refractivity contribution < 1.29 is 4.39 Å². The van der Waals surface area contributed by atoms with Crippen LogP contribution in [0.2, 0.25) is 5.02 Å². The Bertz CT molecular complexity index is 531. The highest BCUT2D eigenvalue weighted by atomic mass is 35.5. The third kappa shape index (κ3) is 2.93. The molecule has 17 heavy (non-hydrogen) atoms. The molecule has 1 N–H and O–H groups in total. The van der Waals surface area contributed by atoms with Gasteiger partial charge in [-0.05, 0) is 30.3 Å². The van der Waals surface area contributed by atoms with Crippen molar-refractivity contribution in [1.82, 2.24) is 0 Å². The summed E-state index contributed by atoms with van der Waals surface area (Å²) in [5.41, 5.74) is 0.933. The molecule has 0 atom stereocenters. The van der Waals surface area contributed by atoms with Crippen LogP contribution < -0.4 is 5.32 Å². The molecule has 4 heteroatoms. The molecule has 1 nitrogen and oxygen atoms in total. The second kappa shape index (κ2) is 5.43. The van der Waals surface area contributed by atoms with E-state index in [2.05, 4.69) is 5.32 Å². The summed E-state index contributed by atoms with van der Waals surface area (Å²) in [4.78, 5) is 1.50. The molecular formula is C13H11ClFNS. The van der Waals surface area contributed by atoms with Gasteiger partial charge in [0.1, 0.15) is 5.82 Å². The lowest BCUT2D eigenvalue weighted by molar-refractivity contribution is 0.602. The second-order valence-electron chi connectivity index (χ2n) is 3.42. The minimum Gasteiger partial charge on any atom is -0.387 e. The quantitative estimate of drug-likeness (QED) is 0.867. The molecule has 2 rings (SSSR count). The van der Waals surface area contributed by atoms with Crippen LogP contribution in [0.1, 0.15) is 0 Å². The summed E-state index contributed by atoms with van der Waals surface area (Å²) in [6, 6.07) is 12.2. The molecule has 0 aliphatic carbocycles. The predicted octanol–water partition coefficient (Wildman–Crippen LogP) is 4.67. The zero-order valence-electron chi connectivity index (χ0n) is 9.21. The van der Waals surface area contributed by atoms with Gasteiger partial charge in [0.25, 0.3) is 0 Å². The van der Waals surface area contributed by atoms with Crippen LogP contribution in [0.4, 0.5) is 10.1 Å². The summed E-state index contributed by atoms with van der Waals surface area (Å²) in [5.74, 6) is -0.223. The predicted molar refractivity (Wildman–Crippen MR) is 71.5 cm³/mol. The van der Waals surface area contributed by atoms with Gasteiger partial charge in [0, 0.05) is 27.5 Å². The number of anilines is 1. The highest BCUT2D eigenvalue weighted by Crippen LogP contribution is 2.36. The smallest absolute Gasteiger partial charge is 0.137 e. The first-order valence-electron chi connectivity index (χ1n) is 5.10. The van der Waals surface area contributed by atoms with Crippen LogP contribution in [0.3, 0.4) is 0 Å². The number of halogens is 2. The van der Waals surface area contributed by atoms with Gasteiger partial charge in [0.05, 0.1) is 0 Å². The molecule has 0 unspecified atom stereocenters. The van der Waals surface area contributed by atoms with Crippen LogP contribution in [0.5, 0.6) is 0 Å². The van der Waals surface area contributed by atoms with E-state index in [1.807, 2.05) is 25.2 Å². The Kier molecular flexibility index (Phi) is 3.92. The molecule has 2 aromatic rings. The van der Waals surface area contributed by atoms with Crippen LogP contribution in [0.25, 0.3) is 0 Å². The Hall–Kier alpha value is -1.19. The molecule has 0 fully saturated rings. The monoisotopic (exact) mass is 267 g/mol. The Morgan fingerprint density at radius 3 is 2.59 bits per heavy atom. The summed E-state index contributed by atoms with van der Waals surface area (Å²) >= 11 is 7.30. The van der Waals surface area contributed by atoms with Crippen molar-refractivity contribution in [2.75, 3.05) is 12.4 Å². The second-order valence-corrected chi connectivity index (χ2v) is 4.94. The van der Waals surface area contributed by atoms with Crippen molar-refractivity contribution in [3.8, 4) is 0 Å². The number of hydrogen-bond donors (Lipinski definition) is 1. The average molecular weight is 268 g/mol. The Morgan fingerprint density at radius 2 is 1.88 bits per heavy atom. The van der Waals surface area contributed by atoms with E-state index in [1.54, 1.807) is 18.2 Å². The van der Waals surface area contributed by atoms with Gasteiger partial charge in [-0.2, -0.15) is 0 Å². The summed E-state index contributed by atoms with van der Waals surface area (Å²) in [6.07, 6.45) is 0. The van der Waals surface area contributed by atoms with E-state index in [9.17, 15) is 4.39 Å². The van der Waals surface area contributed by atoms with E-state index in [0.717, 1.165) is 10.6 Å². The molecule has 0 bridgehead atoms. The van der Waals surface area contributed by atoms with E-state index in [4.69, 9.17) is 11.6 Å². The highest BCUT2D eigenvalue weighted by Gasteiger charge is 2.07. The first-order chi connectivity index (χ1) is 8.20. The summed E-state index contributed by atoms with van der Waals surface area (Å²) in [7, 11) is 1.83. The molecule has 0 aliphatic heterocycles. The van der Waals surface area contributed by atoms with Crippen molar-refractivity contribution in [1.29, 1.82) is 0 Å². The molecule has 0 spiro atoms. The van der Waals surface area contributed by atoms with Crippen LogP contribution in [0, 0.1) is 5.82 Å². The van der Waals surface area contributed by atoms with Crippen LogP contribution in [-0.2, 0) is 0 Å². The summed E-state index contributed by atoms with van der Waals surface area (Å²) in [5, 5.41) is 3.70. The van der Waals surface area contributed by atoms with Gasteiger partial charge in [-0.3, -0.25) is 0 Å². The molecule has 0 aliphatic rings. The van der Waals surface area contributed by atoms with Gasteiger partial charge in [-0.15, -0.1) is 0 Å². The maximum Gasteiger partial charge on any atom is 0.137 e. The number of benzene rings is 2. The first kappa shape index (κ1) is 12.3. The Morgan fingerprint density at radius 1 is 1.12 bits per heavy atom. The largest absolute Gasteiger partial charge is 0.387 e. The normalized spacial score (nSPS) is 10.3. The third-order valence-electron chi connectivity index (χ3n) is 2.27. The van der Waals surface area contributed by atoms with Crippen molar-refractivity contribution in [3.05, 3.63) is 53.3 Å². The molecule has 0 aromatic heterocycles. The van der Waals surface area contributed by atoms with Gasteiger partial charge < -0.3 is 5.32 Å². The lowest BCUT2D eigenvalue weighted by atomic mass is 10.3. The molecule has 0 saturated carbocycles. The van der Waals surface area contributed by atoms with Crippen molar-refractivity contribution in [3.63, 3.8) is 0 Å². The van der Waals surface area contributed by atoms with E-state index in [1.165, 1.54) is 17.8 Å². The van der Waals surface area contributed by atoms with Crippen LogP contribution in [-0.4, -0.2) is 7.05 Å². The first-order valence-corrected chi connectivity index (χ1v) is 6.30. The fourth-order valence-electron chi connectivity index (χ4n) is 1.43. The minimum absolute atomic E-state index is 0.223. The van der Waals surface area contributed by atoms with E-state index >= 15 is 0 Å². The number of rotatable bonds is 3. The average Bonchev–Trinajstić information content (AvgIpc) is 2.32. The zero-order valence-corrected chi connectivity index (χ0v) is 10.8. The maximum atomic E-state index is 13.5. The fourth-order valence-corrected chi connectivity index (χ4v) is 2.68. The minimum atomic E-state index is -0.223. The van der Waals surface area contributed by atoms with Crippen molar-refractivity contribution in [2.24, 2.45) is 0 Å². The summed E-state index contributed by atoms with van der Waals surface area (Å²) in [6.45, 7) is 0. The SMILES string of the molecule is CNc1ccc(Cl)cc1Sc1ccccc1F. The number of hydrogen-bond acceptors (Lipinski definition) is 2. The maximum absolute atomic E-state index is 13.5. The van der Waals surface area contributed by atoms with Crippen LogP contribution >= 0.6 is 23.4 Å². The topological polar surface area (TPSA) is 12.0 Å². The molecule has 2 aromatic carbocycles. The fraction of sp³-hybridized carbons (Fsp3) is 0.0769. The third-order valence-corrected chi connectivity index (χ3v) is 3.61. The number of nitrogens with one attached hydrogen (secondary N) is 1. The van der Waals surface area contributed by atoms with Gasteiger partial charge in [-0.1, -0.05) is 35.5 Å². The highest BCUT2D eigenvalue weighted by molar-refractivity contribution is 7.99. The molecule has 0 saturated heterocycles. The Labute approximate surface area is 109 Å². The van der Waals surface area contributed by atoms with Gasteiger partial charge in [-0.25, -0.2) is 4.39 Å². The Balaban J connectivity index is 2.35. The molecule has 0 amide bonds. The van der Waals surface area contributed by atoms with Crippen molar-refractivity contribution >= 4 is 29.1 Å². The molecule has 0 heterocycles. The lowest BCUT2D eigenvalue weighted by Gasteiger charge is -2.09. The van der Waals surface area contributed by atoms with E-state index in [0.29, 0.717) is 9.92 Å². The van der Waals surface area contributed by atoms with E-state index in [-0.39, 0.29) is 5.82 Å². The lowest BCUT2D eigenvalue weighted by Crippen LogP contribution is -1.91. The van der Waals surface area contributed by atoms with Gasteiger partial charge >= 0.3 is 0 Å². The molecule has 88 valence electrons. The zero-order chi connectivity index (χ0) is 12.3. The van der Waals surface area contributed by atoms with Crippen LogP contribution in [0.15, 0.2) is 52.3 Å².